The summed E-state index contributed by atoms with van der Waals surface area (Å²) < 4.78 is 52.5. The molecule has 0 saturated carbocycles. The van der Waals surface area contributed by atoms with Crippen LogP contribution in [0.4, 0.5) is 11.4 Å². The second-order valence-electron chi connectivity index (χ2n) is 8.69. The monoisotopic (exact) mass is 552 g/mol. The highest BCUT2D eigenvalue weighted by Gasteiger charge is 2.35. The van der Waals surface area contributed by atoms with E-state index in [4.69, 9.17) is 0 Å². The van der Waals surface area contributed by atoms with Crippen LogP contribution in [0.3, 0.4) is 0 Å². The average molecular weight is 553 g/mol. The first kappa shape index (κ1) is 23.6. The first-order valence-corrected chi connectivity index (χ1v) is 15.8. The Balaban J connectivity index is 1.41. The van der Waals surface area contributed by atoms with Crippen molar-refractivity contribution in [3.05, 3.63) is 83.9 Å². The molecule has 0 fully saturated rings. The van der Waals surface area contributed by atoms with Gasteiger partial charge >= 0.3 is 0 Å². The van der Waals surface area contributed by atoms with E-state index in [0.717, 1.165) is 43.5 Å². The lowest BCUT2D eigenvalue weighted by Crippen LogP contribution is -2.28. The number of nitrogens with zero attached hydrogens (tertiary/aromatic N) is 1. The van der Waals surface area contributed by atoms with E-state index < -0.39 is 24.4 Å². The number of aryl methyl sites for hydroxylation is 2. The molecule has 0 aromatic heterocycles. The molecule has 1 unspecified atom stereocenters. The summed E-state index contributed by atoms with van der Waals surface area (Å²) in [5.41, 5.74) is 3.21. The van der Waals surface area contributed by atoms with Crippen molar-refractivity contribution >= 4 is 69.7 Å². The lowest BCUT2D eigenvalue weighted by molar-refractivity contribution is 0.595. The maximum Gasteiger partial charge on any atom is 0.230 e. The molecule has 0 spiro atoms. The number of sulfone groups is 2. The molecule has 36 heavy (non-hydrogen) atoms. The van der Waals surface area contributed by atoms with Crippen LogP contribution in [-0.4, -0.2) is 25.9 Å². The molecule has 4 aromatic carbocycles. The number of aliphatic imine (C=N–C) groups is 1. The van der Waals surface area contributed by atoms with Crippen LogP contribution in [0.15, 0.2) is 97.4 Å². The van der Waals surface area contributed by atoms with Crippen LogP contribution in [-0.2, 0) is 19.7 Å². The highest BCUT2D eigenvalue weighted by atomic mass is 32.3. The van der Waals surface area contributed by atoms with Crippen LogP contribution < -0.4 is 5.32 Å². The average Bonchev–Trinajstić information content (AvgIpc) is 2.87. The molecule has 0 bridgehead atoms. The molecule has 0 saturated heterocycles. The molecule has 2 heterocycles. The Morgan fingerprint density at radius 1 is 0.722 bits per heavy atom. The zero-order chi connectivity index (χ0) is 25.2. The van der Waals surface area contributed by atoms with Gasteiger partial charge in [-0.2, -0.15) is 0 Å². The molecular formula is C26H20N2O4S4. The number of nitrogens with one attached hydrogen (secondary N) is 1. The minimum atomic E-state index is -3.78. The second kappa shape index (κ2) is 8.37. The van der Waals surface area contributed by atoms with Gasteiger partial charge in [-0.05, 0) is 62.4 Å². The summed E-state index contributed by atoms with van der Waals surface area (Å²) in [7, 11) is -7.43. The van der Waals surface area contributed by atoms with Gasteiger partial charge in [-0.15, -0.1) is 0 Å². The molecule has 0 radical (unpaired) electrons. The van der Waals surface area contributed by atoms with Gasteiger partial charge in [-0.1, -0.05) is 58.9 Å². The molecule has 6 rings (SSSR count). The maximum atomic E-state index is 13.4. The smallest absolute Gasteiger partial charge is 0.230 e. The van der Waals surface area contributed by atoms with Crippen LogP contribution in [0.5, 0.6) is 0 Å². The molecule has 2 aliphatic heterocycles. The van der Waals surface area contributed by atoms with Gasteiger partial charge in [0.2, 0.25) is 19.7 Å². The summed E-state index contributed by atoms with van der Waals surface area (Å²) in [6.45, 7) is 3.82. The molecular weight excluding hydrogens is 533 g/mol. The van der Waals surface area contributed by atoms with Crippen molar-refractivity contribution in [2.45, 2.75) is 38.1 Å². The third kappa shape index (κ3) is 3.75. The predicted octanol–water partition coefficient (Wildman–Crippen LogP) is 6.30. The number of benzene rings is 4. The minimum Gasteiger partial charge on any atom is -0.360 e. The van der Waals surface area contributed by atoms with Gasteiger partial charge in [0.25, 0.3) is 0 Å². The Morgan fingerprint density at radius 3 is 2.00 bits per heavy atom. The van der Waals surface area contributed by atoms with Gasteiger partial charge in [-0.3, -0.25) is 0 Å². The van der Waals surface area contributed by atoms with E-state index in [1.165, 1.54) is 11.8 Å². The lowest BCUT2D eigenvalue weighted by Gasteiger charge is -2.29. The van der Waals surface area contributed by atoms with Crippen LogP contribution in [0.1, 0.15) is 11.1 Å². The number of hydrogen-bond acceptors (Lipinski definition) is 8. The summed E-state index contributed by atoms with van der Waals surface area (Å²) >= 11 is 2.36. The normalized spacial score (nSPS) is 16.9. The Kier molecular flexibility index (Phi) is 5.49. The molecule has 0 aliphatic carbocycles. The molecule has 4 aromatic rings. The van der Waals surface area contributed by atoms with Gasteiger partial charge < -0.3 is 5.32 Å². The van der Waals surface area contributed by atoms with Gasteiger partial charge in [0.1, 0.15) is 0 Å². The fourth-order valence-electron chi connectivity index (χ4n) is 4.22. The van der Waals surface area contributed by atoms with E-state index >= 15 is 0 Å². The first-order chi connectivity index (χ1) is 17.1. The van der Waals surface area contributed by atoms with Gasteiger partial charge in [0.15, 0.2) is 9.08 Å². The van der Waals surface area contributed by atoms with Crippen molar-refractivity contribution in [1.82, 2.24) is 0 Å². The lowest BCUT2D eigenvalue weighted by atomic mass is 10.1. The van der Waals surface area contributed by atoms with Crippen molar-refractivity contribution in [2.75, 3.05) is 5.32 Å². The summed E-state index contributed by atoms with van der Waals surface area (Å²) in [6, 6.07) is 20.8. The SMILES string of the molecule is Cc1ccc(S(=O)(=O)C2=Nc3ccc4c5c(ccc(c35)S2)NC(S(=O)(=O)c2ccc(C)cc2)S4)cc1. The fraction of sp³-hybridized carbons (Fsp3) is 0.115. The Labute approximate surface area is 218 Å². The Bertz CT molecular complexity index is 1780. The van der Waals surface area contributed by atoms with Gasteiger partial charge in [0.05, 0.1) is 15.5 Å². The van der Waals surface area contributed by atoms with Crippen molar-refractivity contribution < 1.29 is 16.8 Å². The van der Waals surface area contributed by atoms with Crippen LogP contribution >= 0.6 is 23.5 Å². The largest absolute Gasteiger partial charge is 0.360 e. The molecule has 6 nitrogen and oxygen atoms in total. The van der Waals surface area contributed by atoms with Crippen molar-refractivity contribution in [2.24, 2.45) is 4.99 Å². The second-order valence-corrected chi connectivity index (χ2v) is 15.3. The van der Waals surface area contributed by atoms with Crippen LogP contribution in [0.25, 0.3) is 10.8 Å². The van der Waals surface area contributed by atoms with E-state index in [1.54, 1.807) is 54.6 Å². The van der Waals surface area contributed by atoms with E-state index in [9.17, 15) is 16.8 Å². The number of anilines is 1. The van der Waals surface area contributed by atoms with E-state index in [2.05, 4.69) is 10.3 Å². The maximum absolute atomic E-state index is 13.4. The number of thioether (sulfide) groups is 2. The topological polar surface area (TPSA) is 92.7 Å². The highest BCUT2D eigenvalue weighted by Crippen LogP contribution is 2.51. The van der Waals surface area contributed by atoms with Crippen LogP contribution in [0.2, 0.25) is 0 Å². The molecule has 10 heteroatoms. The quantitative estimate of drug-likeness (QED) is 0.319. The first-order valence-electron chi connectivity index (χ1n) is 11.1. The standard InChI is InChI=1S/C26H20N2O4S4/c1-15-3-7-17(8-4-15)35(29,30)25-27-19-11-14-22-24-20(12-13-21(33-25)23(19)24)28-26(34-22)36(31,32)18-9-5-16(2)6-10-18/h3-14,25,27H,1-2H3. The molecule has 1 N–H and O–H groups in total. The molecule has 1 atom stereocenters. The number of rotatable bonds is 3. The van der Waals surface area contributed by atoms with E-state index in [1.807, 2.05) is 32.0 Å². The summed E-state index contributed by atoms with van der Waals surface area (Å²) in [6.07, 6.45) is 0. The number of hydrogen-bond donors (Lipinski definition) is 1. The highest BCUT2D eigenvalue weighted by molar-refractivity contribution is 8.35. The minimum absolute atomic E-state index is 0.0261. The van der Waals surface area contributed by atoms with Gasteiger partial charge in [-0.25, -0.2) is 21.8 Å². The third-order valence-electron chi connectivity index (χ3n) is 6.17. The molecule has 0 amide bonds. The zero-order valence-electron chi connectivity index (χ0n) is 19.2. The van der Waals surface area contributed by atoms with E-state index in [-0.39, 0.29) is 14.2 Å². The fourth-order valence-corrected chi connectivity index (χ4v) is 10.0. The van der Waals surface area contributed by atoms with Gasteiger partial charge in [0, 0.05) is 26.3 Å². The predicted molar refractivity (Wildman–Crippen MR) is 147 cm³/mol. The molecule has 182 valence electrons. The zero-order valence-corrected chi connectivity index (χ0v) is 22.5. The van der Waals surface area contributed by atoms with Crippen LogP contribution in [0, 0.1) is 13.8 Å². The van der Waals surface area contributed by atoms with Crippen molar-refractivity contribution in [1.29, 1.82) is 0 Å². The van der Waals surface area contributed by atoms with Crippen molar-refractivity contribution in [3.8, 4) is 0 Å². The summed E-state index contributed by atoms with van der Waals surface area (Å²) in [5, 5.41) is 4.87. The van der Waals surface area contributed by atoms with Crippen molar-refractivity contribution in [3.63, 3.8) is 0 Å². The summed E-state index contributed by atoms with van der Waals surface area (Å²) in [5.74, 6) is 0. The summed E-state index contributed by atoms with van der Waals surface area (Å²) in [4.78, 5) is 6.58. The Morgan fingerprint density at radius 2 is 1.33 bits per heavy atom. The molecule has 2 aliphatic rings. The Hall–Kier alpha value is -2.79. The van der Waals surface area contributed by atoms with E-state index in [0.29, 0.717) is 11.4 Å². The third-order valence-corrected chi connectivity index (χ3v) is 12.9.